The summed E-state index contributed by atoms with van der Waals surface area (Å²) in [6.45, 7) is 1.63. The zero-order valence-electron chi connectivity index (χ0n) is 14.8. The molecule has 0 radical (unpaired) electrons. The lowest BCUT2D eigenvalue weighted by atomic mass is 10.2. The van der Waals surface area contributed by atoms with Gasteiger partial charge in [0, 0.05) is 31.7 Å². The number of rotatable bonds is 6. The average Bonchev–Trinajstić information content (AvgIpc) is 3.00. The van der Waals surface area contributed by atoms with Crippen molar-refractivity contribution < 1.29 is 19.1 Å². The minimum atomic E-state index is -0.748. The lowest BCUT2D eigenvalue weighted by molar-refractivity contribution is -0.136. The largest absolute Gasteiger partial charge is 0.495 e. The molecular weight excluding hydrogens is 324 g/mol. The number of carbonyl (C=O) groups excluding carboxylic acids is 3. The molecule has 0 spiro atoms. The molecule has 1 aromatic carbocycles. The van der Waals surface area contributed by atoms with Crippen molar-refractivity contribution in [2.24, 2.45) is 0 Å². The van der Waals surface area contributed by atoms with Gasteiger partial charge in [-0.1, -0.05) is 0 Å². The standard InChI is InChI=1S/C17H24N4O4/c1-20(2)10-8-18-16(23)17(24)19-12-6-7-14(25-3)13(11-12)21-9-4-5-15(21)22/h6-7,11H,4-5,8-10H2,1-3H3,(H,18,23)(H,19,24). The summed E-state index contributed by atoms with van der Waals surface area (Å²) in [5, 5.41) is 5.10. The number of benzene rings is 1. The van der Waals surface area contributed by atoms with Gasteiger partial charge in [0.25, 0.3) is 0 Å². The molecule has 0 saturated carbocycles. The summed E-state index contributed by atoms with van der Waals surface area (Å²) in [4.78, 5) is 39.3. The maximum absolute atomic E-state index is 12.0. The molecule has 2 rings (SSSR count). The number of anilines is 2. The van der Waals surface area contributed by atoms with Gasteiger partial charge in [0.05, 0.1) is 12.8 Å². The molecule has 8 nitrogen and oxygen atoms in total. The van der Waals surface area contributed by atoms with Crippen LogP contribution in [0.5, 0.6) is 5.75 Å². The summed E-state index contributed by atoms with van der Waals surface area (Å²) in [7, 11) is 5.28. The van der Waals surface area contributed by atoms with Crippen molar-refractivity contribution in [2.75, 3.05) is 51.1 Å². The number of methoxy groups -OCH3 is 1. The summed E-state index contributed by atoms with van der Waals surface area (Å²) in [5.41, 5.74) is 1.03. The Morgan fingerprint density at radius 2 is 2.04 bits per heavy atom. The third-order valence-corrected chi connectivity index (χ3v) is 3.85. The molecule has 1 aliphatic heterocycles. The number of likely N-dealkylation sites (N-methyl/N-ethyl adjacent to an activating group) is 1. The van der Waals surface area contributed by atoms with Crippen LogP contribution >= 0.6 is 0 Å². The lowest BCUT2D eigenvalue weighted by Gasteiger charge is -2.20. The first kappa shape index (κ1) is 18.7. The molecule has 25 heavy (non-hydrogen) atoms. The molecule has 1 heterocycles. The molecule has 1 aromatic rings. The molecule has 0 aliphatic carbocycles. The number of ether oxygens (including phenoxy) is 1. The van der Waals surface area contributed by atoms with E-state index >= 15 is 0 Å². The van der Waals surface area contributed by atoms with E-state index in [1.165, 1.54) is 7.11 Å². The van der Waals surface area contributed by atoms with E-state index in [0.29, 0.717) is 43.2 Å². The van der Waals surface area contributed by atoms with Crippen LogP contribution in [0.2, 0.25) is 0 Å². The second kappa shape index (κ2) is 8.48. The average molecular weight is 348 g/mol. The van der Waals surface area contributed by atoms with Gasteiger partial charge in [-0.2, -0.15) is 0 Å². The molecule has 1 saturated heterocycles. The van der Waals surface area contributed by atoms with Gasteiger partial charge < -0.3 is 25.2 Å². The maximum atomic E-state index is 12.0. The van der Waals surface area contributed by atoms with Gasteiger partial charge in [0.1, 0.15) is 5.75 Å². The van der Waals surface area contributed by atoms with E-state index in [4.69, 9.17) is 4.74 Å². The second-order valence-corrected chi connectivity index (χ2v) is 6.05. The highest BCUT2D eigenvalue weighted by molar-refractivity contribution is 6.39. The number of amides is 3. The number of nitrogens with zero attached hydrogens (tertiary/aromatic N) is 2. The van der Waals surface area contributed by atoms with Crippen LogP contribution in [0.4, 0.5) is 11.4 Å². The Morgan fingerprint density at radius 3 is 2.64 bits per heavy atom. The Morgan fingerprint density at radius 1 is 1.28 bits per heavy atom. The van der Waals surface area contributed by atoms with E-state index in [9.17, 15) is 14.4 Å². The molecule has 3 amide bonds. The van der Waals surface area contributed by atoms with Crippen LogP contribution in [0.1, 0.15) is 12.8 Å². The molecule has 136 valence electrons. The van der Waals surface area contributed by atoms with Crippen molar-refractivity contribution in [3.8, 4) is 5.75 Å². The molecule has 0 unspecified atom stereocenters. The van der Waals surface area contributed by atoms with E-state index < -0.39 is 11.8 Å². The first-order valence-corrected chi connectivity index (χ1v) is 8.14. The monoisotopic (exact) mass is 348 g/mol. The molecule has 0 aromatic heterocycles. The van der Waals surface area contributed by atoms with E-state index in [1.807, 2.05) is 19.0 Å². The molecular formula is C17H24N4O4. The minimum Gasteiger partial charge on any atom is -0.495 e. The molecule has 0 atom stereocenters. The van der Waals surface area contributed by atoms with Crippen LogP contribution in [-0.2, 0) is 14.4 Å². The van der Waals surface area contributed by atoms with Gasteiger partial charge in [-0.3, -0.25) is 14.4 Å². The summed E-state index contributed by atoms with van der Waals surface area (Å²) < 4.78 is 5.30. The van der Waals surface area contributed by atoms with Gasteiger partial charge in [-0.05, 0) is 38.7 Å². The normalized spacial score (nSPS) is 13.9. The fraction of sp³-hybridized carbons (Fsp3) is 0.471. The van der Waals surface area contributed by atoms with Crippen molar-refractivity contribution in [3.05, 3.63) is 18.2 Å². The van der Waals surface area contributed by atoms with Crippen LogP contribution in [0, 0.1) is 0 Å². The third kappa shape index (κ3) is 4.93. The van der Waals surface area contributed by atoms with Crippen molar-refractivity contribution >= 4 is 29.1 Å². The maximum Gasteiger partial charge on any atom is 0.313 e. The molecule has 2 N–H and O–H groups in total. The van der Waals surface area contributed by atoms with Gasteiger partial charge in [0.15, 0.2) is 0 Å². The number of hydrogen-bond acceptors (Lipinski definition) is 5. The predicted molar refractivity (Wildman–Crippen MR) is 94.8 cm³/mol. The van der Waals surface area contributed by atoms with Gasteiger partial charge >= 0.3 is 11.8 Å². The third-order valence-electron chi connectivity index (χ3n) is 3.85. The van der Waals surface area contributed by atoms with Crippen molar-refractivity contribution in [3.63, 3.8) is 0 Å². The Kier molecular flexibility index (Phi) is 6.35. The van der Waals surface area contributed by atoms with Crippen molar-refractivity contribution in [1.29, 1.82) is 0 Å². The zero-order chi connectivity index (χ0) is 18.4. The Bertz CT molecular complexity index is 660. The van der Waals surface area contributed by atoms with Crippen LogP contribution in [0.25, 0.3) is 0 Å². The highest BCUT2D eigenvalue weighted by atomic mass is 16.5. The second-order valence-electron chi connectivity index (χ2n) is 6.05. The SMILES string of the molecule is COc1ccc(NC(=O)C(=O)NCCN(C)C)cc1N1CCCC1=O. The molecule has 8 heteroatoms. The van der Waals surface area contributed by atoms with Crippen LogP contribution in [-0.4, -0.2) is 63.5 Å². The topological polar surface area (TPSA) is 91.0 Å². The highest BCUT2D eigenvalue weighted by Crippen LogP contribution is 2.33. The van der Waals surface area contributed by atoms with Crippen LogP contribution < -0.4 is 20.3 Å². The Hall–Kier alpha value is -2.61. The predicted octanol–water partition coefficient (Wildman–Crippen LogP) is 0.438. The molecule has 0 bridgehead atoms. The smallest absolute Gasteiger partial charge is 0.313 e. The number of nitrogens with one attached hydrogen (secondary N) is 2. The summed E-state index contributed by atoms with van der Waals surface area (Å²) in [5.74, 6) is -0.883. The first-order valence-electron chi connectivity index (χ1n) is 8.14. The van der Waals surface area contributed by atoms with Gasteiger partial charge in [0.2, 0.25) is 5.91 Å². The van der Waals surface area contributed by atoms with E-state index in [-0.39, 0.29) is 5.91 Å². The lowest BCUT2D eigenvalue weighted by Crippen LogP contribution is -2.38. The fourth-order valence-electron chi connectivity index (χ4n) is 2.54. The summed E-state index contributed by atoms with van der Waals surface area (Å²) in [6.07, 6.45) is 1.28. The van der Waals surface area contributed by atoms with Crippen molar-refractivity contribution in [2.45, 2.75) is 12.8 Å². The van der Waals surface area contributed by atoms with E-state index in [1.54, 1.807) is 23.1 Å². The van der Waals surface area contributed by atoms with Gasteiger partial charge in [-0.15, -0.1) is 0 Å². The fourth-order valence-corrected chi connectivity index (χ4v) is 2.54. The highest BCUT2D eigenvalue weighted by Gasteiger charge is 2.25. The Balaban J connectivity index is 2.05. The van der Waals surface area contributed by atoms with E-state index in [2.05, 4.69) is 10.6 Å². The quantitative estimate of drug-likeness (QED) is 0.728. The minimum absolute atomic E-state index is 0.0169. The zero-order valence-corrected chi connectivity index (χ0v) is 14.8. The first-order chi connectivity index (χ1) is 11.9. The van der Waals surface area contributed by atoms with Crippen LogP contribution in [0.15, 0.2) is 18.2 Å². The number of hydrogen-bond donors (Lipinski definition) is 2. The van der Waals surface area contributed by atoms with E-state index in [0.717, 1.165) is 6.42 Å². The Labute approximate surface area is 147 Å². The van der Waals surface area contributed by atoms with Crippen LogP contribution in [0.3, 0.4) is 0 Å². The summed E-state index contributed by atoms with van der Waals surface area (Å²) in [6, 6.07) is 4.95. The van der Waals surface area contributed by atoms with Crippen molar-refractivity contribution in [1.82, 2.24) is 10.2 Å². The summed E-state index contributed by atoms with van der Waals surface area (Å²) >= 11 is 0. The molecule has 1 aliphatic rings. The number of carbonyl (C=O) groups is 3. The molecule has 1 fully saturated rings. The van der Waals surface area contributed by atoms with Gasteiger partial charge in [-0.25, -0.2) is 0 Å².